The highest BCUT2D eigenvalue weighted by molar-refractivity contribution is 7.47. The first-order valence-corrected chi connectivity index (χ1v) is 44.5. The molecule has 0 heterocycles. The standard InChI is InChI=1S/C80H156O17P2/c1-7-9-11-13-15-17-19-21-22-23-24-27-31-34-38-44-50-56-62-77(82)90-68-75(96-80(85)65-59-53-46-40-36-32-28-25-26-30-33-37-42-48-54-60-72(3)4)70-94-98(86,87)92-66-74(81)67-93-99(88,89)95-71-76(69-91-78(83)63-57-51-47-41-43-49-55-61-73(5)6)97-79(84)64-58-52-45-39-35-29-20-18-16-14-12-10-8-2/h72-76,81H,7-71H2,1-6H3,(H,86,87)(H,88,89)/t74-,75-,76-/m1/s1. The smallest absolute Gasteiger partial charge is 0.462 e. The van der Waals surface area contributed by atoms with Crippen LogP contribution < -0.4 is 0 Å². The van der Waals surface area contributed by atoms with Gasteiger partial charge in [0, 0.05) is 25.7 Å². The molecule has 0 aromatic heterocycles. The molecule has 588 valence electrons. The van der Waals surface area contributed by atoms with Crippen molar-refractivity contribution in [1.82, 2.24) is 0 Å². The minimum atomic E-state index is -4.96. The maximum absolute atomic E-state index is 13.1. The summed E-state index contributed by atoms with van der Waals surface area (Å²) in [6.07, 6.45) is 61.1. The summed E-state index contributed by atoms with van der Waals surface area (Å²) in [6, 6.07) is 0. The molecule has 5 atom stereocenters. The van der Waals surface area contributed by atoms with Crippen LogP contribution in [0.5, 0.6) is 0 Å². The van der Waals surface area contributed by atoms with E-state index in [1.807, 2.05) is 0 Å². The molecule has 3 N–H and O–H groups in total. The number of hydrogen-bond acceptors (Lipinski definition) is 15. The predicted molar refractivity (Wildman–Crippen MR) is 405 cm³/mol. The maximum atomic E-state index is 13.1. The number of carbonyl (C=O) groups is 4. The van der Waals surface area contributed by atoms with E-state index in [9.17, 15) is 43.2 Å². The summed E-state index contributed by atoms with van der Waals surface area (Å²) in [5.74, 6) is -0.602. The molecule has 17 nitrogen and oxygen atoms in total. The van der Waals surface area contributed by atoms with E-state index >= 15 is 0 Å². The van der Waals surface area contributed by atoms with Gasteiger partial charge in [-0.15, -0.1) is 0 Å². The Morgan fingerprint density at radius 1 is 0.273 bits per heavy atom. The fourth-order valence-electron chi connectivity index (χ4n) is 12.4. The van der Waals surface area contributed by atoms with Crippen LogP contribution in [-0.2, 0) is 65.4 Å². The van der Waals surface area contributed by atoms with Gasteiger partial charge in [-0.1, -0.05) is 369 Å². The van der Waals surface area contributed by atoms with Crippen LogP contribution in [0.2, 0.25) is 0 Å². The second-order valence-corrected chi connectivity index (χ2v) is 32.7. The van der Waals surface area contributed by atoms with Gasteiger partial charge < -0.3 is 33.8 Å². The third-order valence-electron chi connectivity index (χ3n) is 18.7. The fraction of sp³-hybridized carbons (Fsp3) is 0.950. The molecule has 0 aromatic carbocycles. The molecule has 0 radical (unpaired) electrons. The van der Waals surface area contributed by atoms with Gasteiger partial charge in [0.2, 0.25) is 0 Å². The van der Waals surface area contributed by atoms with E-state index in [-0.39, 0.29) is 25.7 Å². The molecule has 99 heavy (non-hydrogen) atoms. The van der Waals surface area contributed by atoms with Gasteiger partial charge in [0.15, 0.2) is 12.2 Å². The SMILES string of the molecule is CCCCCCCCCCCCCCCCCCCCC(=O)OC[C@H](COP(=O)(O)OC[C@@H](O)COP(=O)(O)OC[C@@H](COC(=O)CCCCCCCCCC(C)C)OC(=O)CCCCCCCCCCCCCCC)OC(=O)CCCCCCCCCCCCCCCCCC(C)C. The van der Waals surface area contributed by atoms with Gasteiger partial charge in [-0.25, -0.2) is 9.13 Å². The number of rotatable bonds is 79. The number of aliphatic hydroxyl groups excluding tert-OH is 1. The summed E-state index contributed by atoms with van der Waals surface area (Å²) in [6.45, 7) is 9.60. The maximum Gasteiger partial charge on any atom is 0.472 e. The van der Waals surface area contributed by atoms with Crippen molar-refractivity contribution in [3.05, 3.63) is 0 Å². The summed E-state index contributed by atoms with van der Waals surface area (Å²) in [5.41, 5.74) is 0. The number of phosphoric ester groups is 2. The summed E-state index contributed by atoms with van der Waals surface area (Å²) in [4.78, 5) is 73.0. The van der Waals surface area contributed by atoms with Crippen LogP contribution in [0.4, 0.5) is 0 Å². The number of hydrogen-bond donors (Lipinski definition) is 3. The quantitative estimate of drug-likeness (QED) is 0.0222. The molecule has 0 fully saturated rings. The normalized spacial score (nSPS) is 13.9. The number of unbranched alkanes of at least 4 members (excludes halogenated alkanes) is 49. The Balaban J connectivity index is 5.23. The highest BCUT2D eigenvalue weighted by atomic mass is 31.2. The lowest BCUT2D eigenvalue weighted by Crippen LogP contribution is -2.30. The van der Waals surface area contributed by atoms with Gasteiger partial charge in [0.1, 0.15) is 19.3 Å². The highest BCUT2D eigenvalue weighted by Gasteiger charge is 2.30. The number of aliphatic hydroxyl groups is 1. The lowest BCUT2D eigenvalue weighted by atomic mass is 10.0. The lowest BCUT2D eigenvalue weighted by Gasteiger charge is -2.21. The molecular formula is C80H156O17P2. The van der Waals surface area contributed by atoms with Gasteiger partial charge in [-0.05, 0) is 37.5 Å². The first-order chi connectivity index (χ1) is 47.9. The summed E-state index contributed by atoms with van der Waals surface area (Å²) in [7, 11) is -9.92. The molecule has 0 aliphatic heterocycles. The zero-order valence-corrected chi connectivity index (χ0v) is 66.6. The third kappa shape index (κ3) is 74.1. The van der Waals surface area contributed by atoms with Gasteiger partial charge in [0.25, 0.3) is 0 Å². The topological polar surface area (TPSA) is 237 Å². The number of carbonyl (C=O) groups excluding carboxylic acids is 4. The Kier molecular flexibility index (Phi) is 70.3. The second kappa shape index (κ2) is 71.7. The van der Waals surface area contributed by atoms with Crippen molar-refractivity contribution >= 4 is 39.5 Å². The predicted octanol–water partition coefficient (Wildman–Crippen LogP) is 23.9. The second-order valence-electron chi connectivity index (χ2n) is 29.8. The molecule has 0 amide bonds. The summed E-state index contributed by atoms with van der Waals surface area (Å²) < 4.78 is 68.7. The minimum Gasteiger partial charge on any atom is -0.462 e. The van der Waals surface area contributed by atoms with Crippen molar-refractivity contribution in [3.8, 4) is 0 Å². The van der Waals surface area contributed by atoms with E-state index in [2.05, 4.69) is 41.5 Å². The average Bonchev–Trinajstić information content (AvgIpc) is 0.978. The first kappa shape index (κ1) is 97.1. The van der Waals surface area contributed by atoms with Crippen molar-refractivity contribution in [2.24, 2.45) is 11.8 Å². The number of phosphoric acid groups is 2. The molecule has 0 rings (SSSR count). The van der Waals surface area contributed by atoms with E-state index in [4.69, 9.17) is 37.0 Å². The molecular weight excluding hydrogens is 1290 g/mol. The molecule has 0 bridgehead atoms. The van der Waals surface area contributed by atoms with Crippen LogP contribution in [0.3, 0.4) is 0 Å². The Morgan fingerprint density at radius 3 is 0.687 bits per heavy atom. The van der Waals surface area contributed by atoms with Crippen molar-refractivity contribution in [1.29, 1.82) is 0 Å². The molecule has 0 aliphatic carbocycles. The summed E-state index contributed by atoms with van der Waals surface area (Å²) >= 11 is 0. The fourth-order valence-corrected chi connectivity index (χ4v) is 13.9. The molecule has 0 saturated heterocycles. The number of esters is 4. The van der Waals surface area contributed by atoms with Crippen LogP contribution in [0.15, 0.2) is 0 Å². The van der Waals surface area contributed by atoms with Crippen LogP contribution in [0, 0.1) is 11.8 Å². The van der Waals surface area contributed by atoms with Gasteiger partial charge >= 0.3 is 39.5 Å². The van der Waals surface area contributed by atoms with Gasteiger partial charge in [0.05, 0.1) is 26.4 Å². The Labute approximate surface area is 607 Å². The Bertz CT molecular complexity index is 1910. The van der Waals surface area contributed by atoms with Gasteiger partial charge in [-0.3, -0.25) is 37.3 Å². The van der Waals surface area contributed by atoms with Crippen molar-refractivity contribution in [3.63, 3.8) is 0 Å². The Morgan fingerprint density at radius 2 is 0.465 bits per heavy atom. The molecule has 0 saturated carbocycles. The van der Waals surface area contributed by atoms with Crippen LogP contribution in [0.1, 0.15) is 420 Å². The van der Waals surface area contributed by atoms with Crippen molar-refractivity contribution in [2.45, 2.75) is 439 Å². The number of ether oxygens (including phenoxy) is 4. The molecule has 2 unspecified atom stereocenters. The van der Waals surface area contributed by atoms with E-state index in [1.54, 1.807) is 0 Å². The van der Waals surface area contributed by atoms with E-state index in [0.717, 1.165) is 102 Å². The van der Waals surface area contributed by atoms with Crippen molar-refractivity contribution < 1.29 is 80.2 Å². The van der Waals surface area contributed by atoms with Gasteiger partial charge in [-0.2, -0.15) is 0 Å². The van der Waals surface area contributed by atoms with Crippen molar-refractivity contribution in [2.75, 3.05) is 39.6 Å². The largest absolute Gasteiger partial charge is 0.472 e. The average molecular weight is 1450 g/mol. The highest BCUT2D eigenvalue weighted by Crippen LogP contribution is 2.45. The lowest BCUT2D eigenvalue weighted by molar-refractivity contribution is -0.161. The zero-order chi connectivity index (χ0) is 72.8. The molecule has 0 aromatic rings. The van der Waals surface area contributed by atoms with E-state index in [0.29, 0.717) is 31.6 Å². The molecule has 0 spiro atoms. The monoisotopic (exact) mass is 1450 g/mol. The summed E-state index contributed by atoms with van der Waals surface area (Å²) in [5, 5.41) is 10.6. The minimum absolute atomic E-state index is 0.107. The Hall–Kier alpha value is -1.94. The molecule has 19 heteroatoms. The third-order valence-corrected chi connectivity index (χ3v) is 20.6. The zero-order valence-electron chi connectivity index (χ0n) is 64.8. The van der Waals surface area contributed by atoms with E-state index in [1.165, 1.54) is 231 Å². The molecule has 0 aliphatic rings. The first-order valence-electron chi connectivity index (χ1n) is 41.5. The van der Waals surface area contributed by atoms with E-state index < -0.39 is 97.5 Å². The van der Waals surface area contributed by atoms with Crippen LogP contribution in [0.25, 0.3) is 0 Å². The van der Waals surface area contributed by atoms with Crippen LogP contribution in [-0.4, -0.2) is 96.7 Å². The van der Waals surface area contributed by atoms with Crippen LogP contribution >= 0.6 is 15.6 Å².